The Balaban J connectivity index is 2.29. The maximum Gasteiger partial charge on any atom is 0.317 e. The van der Waals surface area contributed by atoms with E-state index in [0.717, 1.165) is 0 Å². The van der Waals surface area contributed by atoms with Gasteiger partial charge in [0.1, 0.15) is 0 Å². The van der Waals surface area contributed by atoms with Crippen molar-refractivity contribution in [2.24, 2.45) is 0 Å². The van der Waals surface area contributed by atoms with E-state index in [0.29, 0.717) is 19.8 Å². The van der Waals surface area contributed by atoms with Gasteiger partial charge in [-0.1, -0.05) is 0 Å². The number of carbonyl (C=O) groups is 1. The van der Waals surface area contributed by atoms with Crippen molar-refractivity contribution in [3.05, 3.63) is 0 Å². The van der Waals surface area contributed by atoms with Crippen molar-refractivity contribution in [2.75, 3.05) is 33.9 Å². The van der Waals surface area contributed by atoms with Gasteiger partial charge in [-0.15, -0.1) is 0 Å². The SMILES string of the molecule is CN(C)C(=O)NCC1(C)OCCO1. The molecule has 1 heterocycles. The molecular weight excluding hydrogens is 172 g/mol. The van der Waals surface area contributed by atoms with Crippen molar-refractivity contribution in [3.8, 4) is 0 Å². The molecule has 1 aliphatic heterocycles. The predicted octanol–water partition coefficient (Wildman–Crippen LogP) is 0.0206. The Kier molecular flexibility index (Phi) is 3.11. The van der Waals surface area contributed by atoms with Crippen LogP contribution < -0.4 is 5.32 Å². The van der Waals surface area contributed by atoms with Crippen LogP contribution in [0.25, 0.3) is 0 Å². The maximum absolute atomic E-state index is 11.1. The van der Waals surface area contributed by atoms with Crippen LogP contribution in [0, 0.1) is 0 Å². The fourth-order valence-electron chi connectivity index (χ4n) is 1.05. The Hall–Kier alpha value is -0.810. The number of amides is 2. The maximum atomic E-state index is 11.1. The molecule has 0 atom stereocenters. The third-order valence-corrected chi connectivity index (χ3v) is 1.87. The summed E-state index contributed by atoms with van der Waals surface area (Å²) in [5.41, 5.74) is 0. The lowest BCUT2D eigenvalue weighted by Gasteiger charge is -2.23. The van der Waals surface area contributed by atoms with Crippen molar-refractivity contribution < 1.29 is 14.3 Å². The molecular formula is C8H16N2O3. The number of carbonyl (C=O) groups excluding carboxylic acids is 1. The number of rotatable bonds is 2. The zero-order chi connectivity index (χ0) is 9.90. The summed E-state index contributed by atoms with van der Waals surface area (Å²) in [4.78, 5) is 12.6. The minimum atomic E-state index is -0.647. The van der Waals surface area contributed by atoms with E-state index in [-0.39, 0.29) is 6.03 Å². The zero-order valence-corrected chi connectivity index (χ0v) is 8.29. The Morgan fingerprint density at radius 3 is 2.46 bits per heavy atom. The first-order valence-corrected chi connectivity index (χ1v) is 4.26. The molecule has 0 bridgehead atoms. The number of urea groups is 1. The first-order valence-electron chi connectivity index (χ1n) is 4.26. The molecule has 1 aliphatic rings. The Labute approximate surface area is 78.0 Å². The van der Waals surface area contributed by atoms with Crippen LogP contribution in [0.4, 0.5) is 4.79 Å². The van der Waals surface area contributed by atoms with Crippen LogP contribution in [0.1, 0.15) is 6.92 Å². The van der Waals surface area contributed by atoms with E-state index < -0.39 is 5.79 Å². The topological polar surface area (TPSA) is 50.8 Å². The number of hydrogen-bond donors (Lipinski definition) is 1. The number of nitrogens with one attached hydrogen (secondary N) is 1. The van der Waals surface area contributed by atoms with Crippen molar-refractivity contribution >= 4 is 6.03 Å². The van der Waals surface area contributed by atoms with Crippen molar-refractivity contribution in [1.82, 2.24) is 10.2 Å². The highest BCUT2D eigenvalue weighted by atomic mass is 16.7. The normalized spacial score (nSPS) is 19.9. The monoisotopic (exact) mass is 188 g/mol. The molecule has 1 N–H and O–H groups in total. The molecule has 0 radical (unpaired) electrons. The molecule has 0 spiro atoms. The van der Waals surface area contributed by atoms with Crippen LogP contribution in [0.15, 0.2) is 0 Å². The van der Waals surface area contributed by atoms with E-state index in [2.05, 4.69) is 5.32 Å². The summed E-state index contributed by atoms with van der Waals surface area (Å²) in [6.45, 7) is 3.38. The van der Waals surface area contributed by atoms with Crippen LogP contribution in [-0.4, -0.2) is 50.6 Å². The Morgan fingerprint density at radius 1 is 1.46 bits per heavy atom. The smallest absolute Gasteiger partial charge is 0.317 e. The summed E-state index contributed by atoms with van der Waals surface area (Å²) in [5.74, 6) is -0.647. The van der Waals surface area contributed by atoms with Gasteiger partial charge in [0.05, 0.1) is 19.8 Å². The fraction of sp³-hybridized carbons (Fsp3) is 0.875. The third-order valence-electron chi connectivity index (χ3n) is 1.87. The van der Waals surface area contributed by atoms with Gasteiger partial charge in [-0.2, -0.15) is 0 Å². The predicted molar refractivity (Wildman–Crippen MR) is 47.4 cm³/mol. The standard InChI is InChI=1S/C8H16N2O3/c1-8(12-4-5-13-8)6-9-7(11)10(2)3/h4-6H2,1-3H3,(H,9,11). The van der Waals surface area contributed by atoms with E-state index in [1.54, 1.807) is 14.1 Å². The molecule has 0 aromatic heterocycles. The van der Waals surface area contributed by atoms with E-state index in [1.165, 1.54) is 4.90 Å². The first-order chi connectivity index (χ1) is 6.03. The van der Waals surface area contributed by atoms with Crippen LogP contribution in [-0.2, 0) is 9.47 Å². The molecule has 0 unspecified atom stereocenters. The van der Waals surface area contributed by atoms with E-state index in [9.17, 15) is 4.79 Å². The van der Waals surface area contributed by atoms with Crippen molar-refractivity contribution in [1.29, 1.82) is 0 Å². The summed E-state index contributed by atoms with van der Waals surface area (Å²) >= 11 is 0. The summed E-state index contributed by atoms with van der Waals surface area (Å²) in [6, 6.07) is -0.139. The Bertz CT molecular complexity index is 188. The van der Waals surface area contributed by atoms with Crippen LogP contribution >= 0.6 is 0 Å². The molecule has 0 aromatic rings. The van der Waals surface area contributed by atoms with Gasteiger partial charge in [-0.3, -0.25) is 0 Å². The van der Waals surface area contributed by atoms with E-state index in [1.807, 2.05) is 6.92 Å². The van der Waals surface area contributed by atoms with Crippen LogP contribution in [0.2, 0.25) is 0 Å². The van der Waals surface area contributed by atoms with Gasteiger partial charge < -0.3 is 19.7 Å². The summed E-state index contributed by atoms with van der Waals surface area (Å²) < 4.78 is 10.6. The van der Waals surface area contributed by atoms with Crippen molar-refractivity contribution in [2.45, 2.75) is 12.7 Å². The quantitative estimate of drug-likeness (QED) is 0.664. The lowest BCUT2D eigenvalue weighted by Crippen LogP contribution is -2.45. The molecule has 1 rings (SSSR count). The summed E-state index contributed by atoms with van der Waals surface area (Å²) in [6.07, 6.45) is 0. The van der Waals surface area contributed by atoms with Gasteiger partial charge in [0.25, 0.3) is 0 Å². The fourth-order valence-corrected chi connectivity index (χ4v) is 1.05. The average Bonchev–Trinajstić information content (AvgIpc) is 2.48. The molecule has 5 nitrogen and oxygen atoms in total. The van der Waals surface area contributed by atoms with Gasteiger partial charge in [0, 0.05) is 14.1 Å². The van der Waals surface area contributed by atoms with Crippen LogP contribution in [0.5, 0.6) is 0 Å². The second-order valence-corrected chi connectivity index (χ2v) is 3.38. The lowest BCUT2D eigenvalue weighted by molar-refractivity contribution is -0.136. The highest BCUT2D eigenvalue weighted by molar-refractivity contribution is 5.73. The van der Waals surface area contributed by atoms with Gasteiger partial charge in [0.15, 0.2) is 5.79 Å². The Morgan fingerprint density at radius 2 is 2.00 bits per heavy atom. The molecule has 0 saturated carbocycles. The average molecular weight is 188 g/mol. The zero-order valence-electron chi connectivity index (χ0n) is 8.29. The number of hydrogen-bond acceptors (Lipinski definition) is 3. The van der Waals surface area contributed by atoms with Gasteiger partial charge in [0.2, 0.25) is 0 Å². The number of nitrogens with zero attached hydrogens (tertiary/aromatic N) is 1. The number of ether oxygens (including phenoxy) is 2. The molecule has 5 heteroatoms. The summed E-state index contributed by atoms with van der Waals surface area (Å²) in [5, 5.41) is 2.70. The minimum absolute atomic E-state index is 0.139. The van der Waals surface area contributed by atoms with Crippen LogP contribution in [0.3, 0.4) is 0 Å². The second-order valence-electron chi connectivity index (χ2n) is 3.38. The molecule has 0 aromatic carbocycles. The molecule has 1 saturated heterocycles. The third kappa shape index (κ3) is 2.86. The van der Waals surface area contributed by atoms with E-state index >= 15 is 0 Å². The molecule has 1 fully saturated rings. The molecule has 13 heavy (non-hydrogen) atoms. The highest BCUT2D eigenvalue weighted by Gasteiger charge is 2.31. The van der Waals surface area contributed by atoms with Crippen molar-refractivity contribution in [3.63, 3.8) is 0 Å². The summed E-state index contributed by atoms with van der Waals surface area (Å²) in [7, 11) is 3.38. The van der Waals surface area contributed by atoms with Gasteiger partial charge in [-0.05, 0) is 6.92 Å². The highest BCUT2D eigenvalue weighted by Crippen LogP contribution is 2.16. The lowest BCUT2D eigenvalue weighted by atomic mass is 10.3. The molecule has 76 valence electrons. The first kappa shape index (κ1) is 10.3. The van der Waals surface area contributed by atoms with E-state index in [4.69, 9.17) is 9.47 Å². The largest absolute Gasteiger partial charge is 0.346 e. The molecule has 0 aliphatic carbocycles. The van der Waals surface area contributed by atoms with Gasteiger partial charge >= 0.3 is 6.03 Å². The second kappa shape index (κ2) is 3.93. The van der Waals surface area contributed by atoms with Gasteiger partial charge in [-0.25, -0.2) is 4.79 Å². The molecule has 2 amide bonds. The minimum Gasteiger partial charge on any atom is -0.346 e.